The van der Waals surface area contributed by atoms with Crippen LogP contribution in [0.5, 0.6) is 17.2 Å². The zero-order valence-corrected chi connectivity index (χ0v) is 26.3. The topological polar surface area (TPSA) is 63.6 Å². The Morgan fingerprint density at radius 3 is 1.64 bits per heavy atom. The van der Waals surface area contributed by atoms with Crippen molar-refractivity contribution in [2.24, 2.45) is 11.3 Å². The molecule has 1 aliphatic carbocycles. The largest absolute Gasteiger partial charge is 0.508 e. The van der Waals surface area contributed by atoms with Gasteiger partial charge in [0.15, 0.2) is 0 Å². The van der Waals surface area contributed by atoms with Gasteiger partial charge in [-0.2, -0.15) is 0 Å². The molecule has 0 radical (unpaired) electrons. The molecule has 0 amide bonds. The molecule has 0 heterocycles. The van der Waals surface area contributed by atoms with Crippen molar-refractivity contribution in [2.75, 3.05) is 0 Å². The summed E-state index contributed by atoms with van der Waals surface area (Å²) in [6.07, 6.45) is 3.24. The Morgan fingerprint density at radius 2 is 1.17 bits per heavy atom. The summed E-state index contributed by atoms with van der Waals surface area (Å²) >= 11 is 0. The van der Waals surface area contributed by atoms with Gasteiger partial charge in [0.25, 0.3) is 0 Å². The molecule has 1 aliphatic rings. The molecule has 4 aromatic carbocycles. The van der Waals surface area contributed by atoms with Gasteiger partial charge in [0, 0.05) is 5.41 Å². The number of hydrogen-bond acceptors (Lipinski definition) is 4. The summed E-state index contributed by atoms with van der Waals surface area (Å²) in [5.41, 5.74) is 3.52. The van der Waals surface area contributed by atoms with Gasteiger partial charge in [0.1, 0.15) is 17.2 Å². The molecule has 4 nitrogen and oxygen atoms in total. The molecule has 0 aliphatic heterocycles. The first-order valence-electron chi connectivity index (χ1n) is 14.7. The number of aromatic hydroxyl groups is 1. The van der Waals surface area contributed by atoms with Gasteiger partial charge in [-0.15, -0.1) is 0 Å². The predicted octanol–water partition coefficient (Wildman–Crippen LogP) is 9.45. The van der Waals surface area contributed by atoms with Crippen LogP contribution in [0.15, 0.2) is 107 Å². The molecule has 2 unspecified atom stereocenters. The van der Waals surface area contributed by atoms with Crippen LogP contribution in [0, 0.1) is 11.3 Å². The van der Waals surface area contributed by atoms with E-state index in [4.69, 9.17) is 4.74 Å². The van der Waals surface area contributed by atoms with Crippen molar-refractivity contribution in [3.05, 3.63) is 114 Å². The maximum atomic E-state index is 13.2. The smallest absolute Gasteiger partial charge is 0.206 e. The van der Waals surface area contributed by atoms with Crippen molar-refractivity contribution in [3.63, 3.8) is 0 Å². The van der Waals surface area contributed by atoms with E-state index in [0.29, 0.717) is 17.4 Å². The molecule has 2 atom stereocenters. The van der Waals surface area contributed by atoms with E-state index < -0.39 is 9.84 Å². The SMILES string of the molecule is CC1CC(C)(C)CC(c2ccc(O)cc2)(c2ccc(Oc3ccc(S(=O)(=O)c4ccc(C(C)(C)C)cc4)cc3)cc2)C1. The van der Waals surface area contributed by atoms with Crippen molar-refractivity contribution in [1.29, 1.82) is 0 Å². The lowest BCUT2D eigenvalue weighted by atomic mass is 9.55. The van der Waals surface area contributed by atoms with Crippen LogP contribution in [-0.4, -0.2) is 13.5 Å². The third-order valence-corrected chi connectivity index (χ3v) is 10.4. The summed E-state index contributed by atoms with van der Waals surface area (Å²) in [5.74, 6) is 2.10. The summed E-state index contributed by atoms with van der Waals surface area (Å²) in [7, 11) is -3.63. The number of phenols is 1. The van der Waals surface area contributed by atoms with Gasteiger partial charge in [-0.25, -0.2) is 8.42 Å². The monoisotopic (exact) mass is 582 g/mol. The molecule has 1 fully saturated rings. The van der Waals surface area contributed by atoms with Gasteiger partial charge < -0.3 is 9.84 Å². The lowest BCUT2D eigenvalue weighted by Gasteiger charge is -2.48. The van der Waals surface area contributed by atoms with Gasteiger partial charge in [0.05, 0.1) is 9.79 Å². The molecule has 1 N–H and O–H groups in total. The van der Waals surface area contributed by atoms with E-state index in [1.165, 1.54) is 17.5 Å². The highest BCUT2D eigenvalue weighted by Gasteiger charge is 2.45. The lowest BCUT2D eigenvalue weighted by molar-refractivity contribution is 0.127. The summed E-state index contributed by atoms with van der Waals surface area (Å²) in [4.78, 5) is 0.515. The zero-order chi connectivity index (χ0) is 30.3. The molecule has 0 saturated heterocycles. The summed E-state index contributed by atoms with van der Waals surface area (Å²) < 4.78 is 32.6. The van der Waals surface area contributed by atoms with Crippen LogP contribution < -0.4 is 4.74 Å². The fourth-order valence-electron chi connectivity index (χ4n) is 6.89. The van der Waals surface area contributed by atoms with Gasteiger partial charge >= 0.3 is 0 Å². The molecule has 5 rings (SSSR count). The Kier molecular flexibility index (Phi) is 7.78. The highest BCUT2D eigenvalue weighted by molar-refractivity contribution is 7.91. The molecular weight excluding hydrogens is 540 g/mol. The van der Waals surface area contributed by atoms with Gasteiger partial charge in [-0.3, -0.25) is 0 Å². The van der Waals surface area contributed by atoms with Crippen LogP contribution in [0.4, 0.5) is 0 Å². The average Bonchev–Trinajstić information content (AvgIpc) is 2.92. The molecule has 1 saturated carbocycles. The maximum Gasteiger partial charge on any atom is 0.206 e. The van der Waals surface area contributed by atoms with E-state index >= 15 is 0 Å². The number of rotatable bonds is 6. The van der Waals surface area contributed by atoms with Crippen molar-refractivity contribution < 1.29 is 18.3 Å². The third-order valence-electron chi connectivity index (χ3n) is 8.61. The molecule has 220 valence electrons. The van der Waals surface area contributed by atoms with E-state index in [9.17, 15) is 13.5 Å². The first-order chi connectivity index (χ1) is 19.7. The highest BCUT2D eigenvalue weighted by atomic mass is 32.2. The van der Waals surface area contributed by atoms with Crippen molar-refractivity contribution >= 4 is 9.84 Å². The van der Waals surface area contributed by atoms with E-state index in [-0.39, 0.29) is 31.8 Å². The van der Waals surface area contributed by atoms with Crippen LogP contribution in [0.1, 0.15) is 77.5 Å². The number of sulfone groups is 1. The number of ether oxygens (including phenoxy) is 1. The number of benzene rings is 4. The maximum absolute atomic E-state index is 13.2. The second-order valence-corrected chi connectivity index (χ2v) is 15.8. The van der Waals surface area contributed by atoms with Crippen LogP contribution in [0.25, 0.3) is 0 Å². The minimum absolute atomic E-state index is 0.0446. The highest BCUT2D eigenvalue weighted by Crippen LogP contribution is 2.53. The van der Waals surface area contributed by atoms with Crippen molar-refractivity contribution in [3.8, 4) is 17.2 Å². The summed E-state index contributed by atoms with van der Waals surface area (Å²) in [5, 5.41) is 9.95. The molecule has 0 bridgehead atoms. The predicted molar refractivity (Wildman–Crippen MR) is 169 cm³/mol. The first kappa shape index (κ1) is 29.9. The number of phenolic OH excluding ortho intramolecular Hbond substituents is 1. The third kappa shape index (κ3) is 6.12. The lowest BCUT2D eigenvalue weighted by Crippen LogP contribution is -2.41. The van der Waals surface area contributed by atoms with Crippen LogP contribution >= 0.6 is 0 Å². The van der Waals surface area contributed by atoms with E-state index in [0.717, 1.165) is 18.4 Å². The minimum Gasteiger partial charge on any atom is -0.508 e. The summed E-state index contributed by atoms with van der Waals surface area (Å²) in [6, 6.07) is 29.7. The fourth-order valence-corrected chi connectivity index (χ4v) is 8.15. The van der Waals surface area contributed by atoms with Crippen LogP contribution in [-0.2, 0) is 20.7 Å². The second-order valence-electron chi connectivity index (χ2n) is 13.9. The van der Waals surface area contributed by atoms with Crippen LogP contribution in [0.3, 0.4) is 0 Å². The zero-order valence-electron chi connectivity index (χ0n) is 25.5. The number of hydrogen-bond donors (Lipinski definition) is 1. The van der Waals surface area contributed by atoms with Crippen molar-refractivity contribution in [2.45, 2.75) is 81.4 Å². The van der Waals surface area contributed by atoms with E-state index in [1.807, 2.05) is 24.3 Å². The molecule has 0 spiro atoms. The second kappa shape index (κ2) is 10.9. The Morgan fingerprint density at radius 1 is 0.714 bits per heavy atom. The van der Waals surface area contributed by atoms with E-state index in [2.05, 4.69) is 65.8 Å². The molecule has 4 aromatic rings. The Bertz CT molecular complexity index is 1630. The van der Waals surface area contributed by atoms with Gasteiger partial charge in [-0.1, -0.05) is 77.9 Å². The summed E-state index contributed by atoms with van der Waals surface area (Å²) in [6.45, 7) is 13.3. The molecular formula is C37H42O4S. The Hall–Kier alpha value is -3.57. The Balaban J connectivity index is 1.37. The van der Waals surface area contributed by atoms with Crippen molar-refractivity contribution in [1.82, 2.24) is 0 Å². The first-order valence-corrected chi connectivity index (χ1v) is 16.2. The molecule has 42 heavy (non-hydrogen) atoms. The quantitative estimate of drug-likeness (QED) is 0.246. The fraction of sp³-hybridized carbons (Fsp3) is 0.351. The Labute approximate surface area is 251 Å². The minimum atomic E-state index is -3.63. The normalized spacial score (nSPS) is 20.7. The van der Waals surface area contributed by atoms with Crippen LogP contribution in [0.2, 0.25) is 0 Å². The average molecular weight is 583 g/mol. The standard InChI is InChI=1S/C37H42O4S/c1-26-23-36(5,6)25-37(24-26,28-7-13-30(38)14-8-28)29-9-15-31(16-10-29)41-32-17-21-34(22-18-32)42(39,40)33-19-11-27(12-20-33)35(2,3)4/h7-22,26,38H,23-25H2,1-6H3. The van der Waals surface area contributed by atoms with Gasteiger partial charge in [-0.05, 0) is 113 Å². The van der Waals surface area contributed by atoms with Gasteiger partial charge in [0.2, 0.25) is 9.84 Å². The molecule has 0 aromatic heterocycles. The van der Waals surface area contributed by atoms with E-state index in [1.54, 1.807) is 48.5 Å². The molecule has 5 heteroatoms.